The molecule has 4 nitrogen and oxygen atoms in total. The maximum Gasteiger partial charge on any atom is 0.267 e. The van der Waals surface area contributed by atoms with Gasteiger partial charge in [-0.25, -0.2) is 5.84 Å². The van der Waals surface area contributed by atoms with Gasteiger partial charge in [0.25, 0.3) is 5.91 Å². The van der Waals surface area contributed by atoms with Crippen molar-refractivity contribution in [3.63, 3.8) is 0 Å². The number of hydrogen-bond acceptors (Lipinski definition) is 2. The molecule has 1 amide bonds. The number of para-hydroxylation sites is 1. The van der Waals surface area contributed by atoms with Gasteiger partial charge in [-0.15, -0.1) is 0 Å². The predicted molar refractivity (Wildman–Crippen MR) is 89.6 cm³/mol. The second-order valence-electron chi connectivity index (χ2n) is 6.95. The van der Waals surface area contributed by atoms with Crippen molar-refractivity contribution in [2.45, 2.75) is 46.6 Å². The summed E-state index contributed by atoms with van der Waals surface area (Å²) in [4.78, 5) is 12.2. The number of nitrogens with zero attached hydrogens (tertiary/aromatic N) is 1. The summed E-state index contributed by atoms with van der Waals surface area (Å²) in [5.41, 5.74) is 6.88. The summed E-state index contributed by atoms with van der Waals surface area (Å²) >= 11 is 0. The van der Waals surface area contributed by atoms with E-state index < -0.39 is 0 Å². The zero-order valence-electron chi connectivity index (χ0n) is 13.6. The highest BCUT2D eigenvalue weighted by Crippen LogP contribution is 2.36. The van der Waals surface area contributed by atoms with E-state index in [1.54, 1.807) is 0 Å². The van der Waals surface area contributed by atoms with E-state index in [-0.39, 0.29) is 5.91 Å². The zero-order chi connectivity index (χ0) is 15.9. The molecule has 118 valence electrons. The summed E-state index contributed by atoms with van der Waals surface area (Å²) in [7, 11) is 0. The Hall–Kier alpha value is -1.81. The van der Waals surface area contributed by atoms with Gasteiger partial charge in [-0.3, -0.25) is 10.2 Å². The number of nitrogen functional groups attached to an aromatic ring is 1. The molecule has 0 saturated carbocycles. The number of rotatable bonds is 3. The van der Waals surface area contributed by atoms with Crippen LogP contribution >= 0.6 is 0 Å². The van der Waals surface area contributed by atoms with Crippen LogP contribution in [0.2, 0.25) is 0 Å². The molecule has 0 saturated heterocycles. The first kappa shape index (κ1) is 15.1. The van der Waals surface area contributed by atoms with Crippen LogP contribution in [0.4, 0.5) is 0 Å². The van der Waals surface area contributed by atoms with Crippen LogP contribution in [0.15, 0.2) is 18.2 Å². The van der Waals surface area contributed by atoms with E-state index in [4.69, 9.17) is 5.84 Å². The first-order chi connectivity index (χ1) is 10.5. The minimum Gasteiger partial charge on any atom is -0.343 e. The van der Waals surface area contributed by atoms with Crippen LogP contribution in [0.3, 0.4) is 0 Å². The second kappa shape index (κ2) is 5.76. The quantitative estimate of drug-likeness (QED) is 0.520. The van der Waals surface area contributed by atoms with Crippen molar-refractivity contribution in [3.8, 4) is 0 Å². The van der Waals surface area contributed by atoms with Crippen LogP contribution < -0.4 is 11.3 Å². The SMILES string of the molecule is CC(C)Cn1c2c(c3cccc(C(=O)NN)c31)CC(C)CC2. The molecule has 1 aromatic carbocycles. The van der Waals surface area contributed by atoms with E-state index in [0.29, 0.717) is 17.4 Å². The number of hydrogen-bond donors (Lipinski definition) is 2. The van der Waals surface area contributed by atoms with Crippen LogP contribution in [0.5, 0.6) is 0 Å². The Bertz CT molecular complexity index is 715. The fraction of sp³-hybridized carbons (Fsp3) is 0.500. The van der Waals surface area contributed by atoms with Gasteiger partial charge in [-0.2, -0.15) is 0 Å². The highest BCUT2D eigenvalue weighted by molar-refractivity contribution is 6.07. The molecular formula is C18H25N3O. The fourth-order valence-corrected chi connectivity index (χ4v) is 3.71. The summed E-state index contributed by atoms with van der Waals surface area (Å²) in [5.74, 6) is 6.41. The molecule has 22 heavy (non-hydrogen) atoms. The lowest BCUT2D eigenvalue weighted by molar-refractivity contribution is 0.0955. The topological polar surface area (TPSA) is 60.0 Å². The average molecular weight is 299 g/mol. The number of hydrazine groups is 1. The van der Waals surface area contributed by atoms with Gasteiger partial charge in [0.05, 0.1) is 11.1 Å². The number of nitrogens with one attached hydrogen (secondary N) is 1. The molecular weight excluding hydrogens is 274 g/mol. The molecule has 3 N–H and O–H groups in total. The Morgan fingerprint density at radius 2 is 2.23 bits per heavy atom. The zero-order valence-corrected chi connectivity index (χ0v) is 13.6. The first-order valence-corrected chi connectivity index (χ1v) is 8.16. The standard InChI is InChI=1S/C18H25N3O/c1-11(2)10-21-16-8-7-12(3)9-15(16)13-5-4-6-14(17(13)21)18(22)20-19/h4-6,11-12H,7-10,19H2,1-3H3,(H,20,22). The van der Waals surface area contributed by atoms with Crippen LogP contribution in [0.1, 0.15) is 48.8 Å². The van der Waals surface area contributed by atoms with Gasteiger partial charge < -0.3 is 4.57 Å². The van der Waals surface area contributed by atoms with Gasteiger partial charge in [0, 0.05) is 17.6 Å². The van der Waals surface area contributed by atoms with Gasteiger partial charge in [0.2, 0.25) is 0 Å². The lowest BCUT2D eigenvalue weighted by Gasteiger charge is -2.21. The lowest BCUT2D eigenvalue weighted by Crippen LogP contribution is -2.30. The van der Waals surface area contributed by atoms with Gasteiger partial charge in [-0.1, -0.05) is 32.9 Å². The smallest absolute Gasteiger partial charge is 0.267 e. The minimum absolute atomic E-state index is 0.210. The number of fused-ring (bicyclic) bond motifs is 3. The Kier molecular flexibility index (Phi) is 3.96. The summed E-state index contributed by atoms with van der Waals surface area (Å²) < 4.78 is 2.37. The maximum absolute atomic E-state index is 12.2. The van der Waals surface area contributed by atoms with Crippen LogP contribution in [0.25, 0.3) is 10.9 Å². The van der Waals surface area contributed by atoms with Gasteiger partial charge in [0.1, 0.15) is 0 Å². The lowest BCUT2D eigenvalue weighted by atomic mass is 9.87. The molecule has 0 fully saturated rings. The van der Waals surface area contributed by atoms with Crippen molar-refractivity contribution in [1.29, 1.82) is 0 Å². The summed E-state index contributed by atoms with van der Waals surface area (Å²) in [5, 5.41) is 1.23. The summed E-state index contributed by atoms with van der Waals surface area (Å²) in [6, 6.07) is 5.98. The second-order valence-corrected chi connectivity index (χ2v) is 6.95. The summed E-state index contributed by atoms with van der Waals surface area (Å²) in [6.45, 7) is 7.69. The highest BCUT2D eigenvalue weighted by atomic mass is 16.2. The monoisotopic (exact) mass is 299 g/mol. The Balaban J connectivity index is 2.30. The minimum atomic E-state index is -0.210. The molecule has 1 atom stereocenters. The van der Waals surface area contributed by atoms with E-state index in [1.165, 1.54) is 23.1 Å². The van der Waals surface area contributed by atoms with Crippen molar-refractivity contribution >= 4 is 16.8 Å². The number of carbonyl (C=O) groups is 1. The Labute approximate surface area is 131 Å². The molecule has 1 aromatic heterocycles. The maximum atomic E-state index is 12.2. The molecule has 0 aliphatic heterocycles. The number of aromatic nitrogens is 1. The summed E-state index contributed by atoms with van der Waals surface area (Å²) in [6.07, 6.45) is 3.42. The highest BCUT2D eigenvalue weighted by Gasteiger charge is 2.26. The first-order valence-electron chi connectivity index (χ1n) is 8.16. The Morgan fingerprint density at radius 1 is 1.45 bits per heavy atom. The molecule has 4 heteroatoms. The molecule has 3 rings (SSSR count). The normalized spacial score (nSPS) is 17.8. The molecule has 1 unspecified atom stereocenters. The number of nitrogens with two attached hydrogens (primary N) is 1. The molecule has 1 heterocycles. The molecule has 0 radical (unpaired) electrons. The van der Waals surface area contributed by atoms with E-state index >= 15 is 0 Å². The average Bonchev–Trinajstić information content (AvgIpc) is 2.79. The number of carbonyl (C=O) groups excluding carboxylic acids is 1. The van der Waals surface area contributed by atoms with Gasteiger partial charge in [-0.05, 0) is 42.7 Å². The molecule has 1 aliphatic rings. The van der Waals surface area contributed by atoms with E-state index in [0.717, 1.165) is 24.9 Å². The van der Waals surface area contributed by atoms with Gasteiger partial charge in [0.15, 0.2) is 0 Å². The Morgan fingerprint density at radius 3 is 2.91 bits per heavy atom. The fourth-order valence-electron chi connectivity index (χ4n) is 3.71. The molecule has 0 spiro atoms. The number of benzene rings is 1. The van der Waals surface area contributed by atoms with Crippen LogP contribution in [-0.4, -0.2) is 10.5 Å². The van der Waals surface area contributed by atoms with Crippen molar-refractivity contribution in [3.05, 3.63) is 35.0 Å². The van der Waals surface area contributed by atoms with Crippen molar-refractivity contribution in [2.75, 3.05) is 0 Å². The molecule has 0 bridgehead atoms. The van der Waals surface area contributed by atoms with Crippen molar-refractivity contribution in [2.24, 2.45) is 17.7 Å². The van der Waals surface area contributed by atoms with Crippen LogP contribution in [0, 0.1) is 11.8 Å². The third-order valence-electron chi connectivity index (χ3n) is 4.66. The van der Waals surface area contributed by atoms with E-state index in [1.807, 2.05) is 12.1 Å². The van der Waals surface area contributed by atoms with Crippen molar-refractivity contribution in [1.82, 2.24) is 9.99 Å². The predicted octanol–water partition coefficient (Wildman–Crippen LogP) is 3.03. The largest absolute Gasteiger partial charge is 0.343 e. The molecule has 1 aliphatic carbocycles. The van der Waals surface area contributed by atoms with Crippen LogP contribution in [-0.2, 0) is 19.4 Å². The third-order valence-corrected chi connectivity index (χ3v) is 4.66. The molecule has 2 aromatic rings. The number of amides is 1. The van der Waals surface area contributed by atoms with E-state index in [9.17, 15) is 4.79 Å². The van der Waals surface area contributed by atoms with E-state index in [2.05, 4.69) is 36.8 Å². The third kappa shape index (κ3) is 2.41. The van der Waals surface area contributed by atoms with Crippen molar-refractivity contribution < 1.29 is 4.79 Å². The van der Waals surface area contributed by atoms with Gasteiger partial charge >= 0.3 is 0 Å².